The fourth-order valence-corrected chi connectivity index (χ4v) is 3.30. The summed E-state index contributed by atoms with van der Waals surface area (Å²) < 4.78 is 0. The van der Waals surface area contributed by atoms with Crippen molar-refractivity contribution in [1.82, 2.24) is 10.6 Å². The number of carbonyl (C=O) groups excluding carboxylic acids is 2. The van der Waals surface area contributed by atoms with Crippen LogP contribution in [-0.2, 0) is 0 Å². The maximum absolute atomic E-state index is 12.1. The zero-order chi connectivity index (χ0) is 23.7. The molecule has 0 fully saturated rings. The molecule has 0 radical (unpaired) electrons. The summed E-state index contributed by atoms with van der Waals surface area (Å²) in [6.45, 7) is 0.863. The van der Waals surface area contributed by atoms with E-state index in [4.69, 9.17) is 23.2 Å². The van der Waals surface area contributed by atoms with Crippen molar-refractivity contribution >= 4 is 46.4 Å². The van der Waals surface area contributed by atoms with Gasteiger partial charge in [-0.25, -0.2) is 0 Å². The number of rotatable bonds is 11. The molecule has 0 spiro atoms. The Hall–Kier alpha value is -3.24. The van der Waals surface area contributed by atoms with Gasteiger partial charge in [0.2, 0.25) is 0 Å². The molecule has 0 heterocycles. The highest BCUT2D eigenvalue weighted by Crippen LogP contribution is 2.25. The van der Waals surface area contributed by atoms with Crippen LogP contribution in [0.5, 0.6) is 0 Å². The summed E-state index contributed by atoms with van der Waals surface area (Å²) in [5, 5.41) is 26.8. The smallest absolute Gasteiger partial charge is 0.287 e. The van der Waals surface area contributed by atoms with Crippen molar-refractivity contribution in [3.05, 3.63) is 77.8 Å². The second-order valence-electron chi connectivity index (χ2n) is 6.77. The average Bonchev–Trinajstić information content (AvgIpc) is 2.74. The first kappa shape index (κ1) is 25.0. The summed E-state index contributed by atoms with van der Waals surface area (Å²) in [4.78, 5) is 44.4. The second kappa shape index (κ2) is 12.0. The van der Waals surface area contributed by atoms with Crippen LogP contribution in [-0.4, -0.2) is 34.8 Å². The number of nitro benzene ring substituents is 2. The number of hydrogen-bond donors (Lipinski definition) is 2. The summed E-state index contributed by atoms with van der Waals surface area (Å²) in [5.41, 5.74) is -0.0247. The molecule has 0 aliphatic heterocycles. The van der Waals surface area contributed by atoms with E-state index in [0.29, 0.717) is 13.1 Å². The maximum Gasteiger partial charge on any atom is 0.287 e. The normalized spacial score (nSPS) is 10.4. The van der Waals surface area contributed by atoms with Crippen molar-refractivity contribution < 1.29 is 19.4 Å². The zero-order valence-corrected chi connectivity index (χ0v) is 18.3. The Labute approximate surface area is 193 Å². The van der Waals surface area contributed by atoms with Gasteiger partial charge in [-0.2, -0.15) is 0 Å². The lowest BCUT2D eigenvalue weighted by Crippen LogP contribution is -2.25. The van der Waals surface area contributed by atoms with E-state index in [-0.39, 0.29) is 44.4 Å². The third-order valence-corrected chi connectivity index (χ3v) is 5.09. The summed E-state index contributed by atoms with van der Waals surface area (Å²) in [5.74, 6) is -0.730. The second-order valence-corrected chi connectivity index (χ2v) is 7.59. The van der Waals surface area contributed by atoms with Gasteiger partial charge in [0.1, 0.15) is 10.0 Å². The number of nitro groups is 2. The van der Waals surface area contributed by atoms with Crippen molar-refractivity contribution in [3.63, 3.8) is 0 Å². The Morgan fingerprint density at radius 3 is 1.41 bits per heavy atom. The monoisotopic (exact) mass is 482 g/mol. The first-order valence-electron chi connectivity index (χ1n) is 9.65. The molecule has 2 aromatic carbocycles. The van der Waals surface area contributed by atoms with Gasteiger partial charge < -0.3 is 10.6 Å². The maximum atomic E-state index is 12.1. The SMILES string of the molecule is O=C(NCCCCCCNC(=O)c1ccc([N+](=O)[O-])c(Cl)c1)c1ccc([N+](=O)[O-])c(Cl)c1. The van der Waals surface area contributed by atoms with Gasteiger partial charge in [0.05, 0.1) is 9.85 Å². The molecule has 0 unspecified atom stereocenters. The number of unbranched alkanes of at least 4 members (excludes halogenated alkanes) is 3. The molecule has 2 amide bonds. The molecule has 2 rings (SSSR count). The molecule has 12 heteroatoms. The van der Waals surface area contributed by atoms with Crippen LogP contribution >= 0.6 is 23.2 Å². The molecular weight excluding hydrogens is 463 g/mol. The van der Waals surface area contributed by atoms with Gasteiger partial charge in [-0.05, 0) is 37.1 Å². The third-order valence-electron chi connectivity index (χ3n) is 4.49. The van der Waals surface area contributed by atoms with Crippen LogP contribution < -0.4 is 10.6 Å². The van der Waals surface area contributed by atoms with Gasteiger partial charge in [0.25, 0.3) is 23.2 Å². The van der Waals surface area contributed by atoms with E-state index in [2.05, 4.69) is 10.6 Å². The molecule has 170 valence electrons. The van der Waals surface area contributed by atoms with Crippen LogP contribution in [0, 0.1) is 20.2 Å². The highest BCUT2D eigenvalue weighted by molar-refractivity contribution is 6.33. The Morgan fingerprint density at radius 2 is 1.09 bits per heavy atom. The Balaban J connectivity index is 1.62. The molecule has 2 aromatic rings. The minimum absolute atomic E-state index is 0.0966. The van der Waals surface area contributed by atoms with E-state index < -0.39 is 9.85 Å². The first-order chi connectivity index (χ1) is 15.2. The number of hydrogen-bond acceptors (Lipinski definition) is 6. The number of nitrogens with zero attached hydrogens (tertiary/aromatic N) is 2. The minimum Gasteiger partial charge on any atom is -0.352 e. The Bertz CT molecular complexity index is 950. The van der Waals surface area contributed by atoms with Crippen molar-refractivity contribution in [3.8, 4) is 0 Å². The van der Waals surface area contributed by atoms with Crippen LogP contribution in [0.1, 0.15) is 46.4 Å². The average molecular weight is 483 g/mol. The molecule has 32 heavy (non-hydrogen) atoms. The predicted octanol–water partition coefficient (Wildman–Crippen LogP) is 4.53. The van der Waals surface area contributed by atoms with Gasteiger partial charge in [0, 0.05) is 36.3 Å². The lowest BCUT2D eigenvalue weighted by Gasteiger charge is -2.07. The Kier molecular flexibility index (Phi) is 9.36. The zero-order valence-electron chi connectivity index (χ0n) is 16.8. The third kappa shape index (κ3) is 7.17. The molecular formula is C20H20Cl2N4O6. The van der Waals surface area contributed by atoms with Crippen LogP contribution in [0.2, 0.25) is 10.0 Å². The van der Waals surface area contributed by atoms with Crippen molar-refractivity contribution in [1.29, 1.82) is 0 Å². The quantitative estimate of drug-likeness (QED) is 0.273. The van der Waals surface area contributed by atoms with E-state index in [1.165, 1.54) is 36.4 Å². The number of halogens is 2. The molecule has 0 aromatic heterocycles. The highest BCUT2D eigenvalue weighted by atomic mass is 35.5. The van der Waals surface area contributed by atoms with E-state index >= 15 is 0 Å². The fraction of sp³-hybridized carbons (Fsp3) is 0.300. The lowest BCUT2D eigenvalue weighted by molar-refractivity contribution is -0.384. The minimum atomic E-state index is -0.618. The molecule has 0 saturated carbocycles. The standard InChI is InChI=1S/C20H20Cl2N4O6/c21-15-11-13(5-7-17(15)25(29)30)19(27)23-9-3-1-2-4-10-24-20(28)14-6-8-18(26(31)32)16(22)12-14/h5-8,11-12H,1-4,9-10H2,(H,23,27)(H,24,28). The van der Waals surface area contributed by atoms with Gasteiger partial charge in [-0.15, -0.1) is 0 Å². The molecule has 0 aliphatic rings. The van der Waals surface area contributed by atoms with Crippen molar-refractivity contribution in [2.45, 2.75) is 25.7 Å². The topological polar surface area (TPSA) is 144 Å². The van der Waals surface area contributed by atoms with Crippen LogP contribution in [0.4, 0.5) is 11.4 Å². The van der Waals surface area contributed by atoms with E-state index in [1.807, 2.05) is 0 Å². The summed E-state index contributed by atoms with van der Waals surface area (Å²) in [6.07, 6.45) is 3.08. The van der Waals surface area contributed by atoms with Gasteiger partial charge in [0.15, 0.2) is 0 Å². The van der Waals surface area contributed by atoms with E-state index in [1.54, 1.807) is 0 Å². The summed E-state index contributed by atoms with van der Waals surface area (Å²) >= 11 is 11.6. The molecule has 0 atom stereocenters. The highest BCUT2D eigenvalue weighted by Gasteiger charge is 2.16. The van der Waals surface area contributed by atoms with Crippen molar-refractivity contribution in [2.24, 2.45) is 0 Å². The first-order valence-corrected chi connectivity index (χ1v) is 10.4. The number of carbonyl (C=O) groups is 2. The number of benzene rings is 2. The molecule has 0 aliphatic carbocycles. The van der Waals surface area contributed by atoms with E-state index in [9.17, 15) is 29.8 Å². The Morgan fingerprint density at radius 1 is 0.719 bits per heavy atom. The largest absolute Gasteiger partial charge is 0.352 e. The lowest BCUT2D eigenvalue weighted by atomic mass is 10.1. The summed E-state index contributed by atoms with van der Waals surface area (Å²) in [6, 6.07) is 7.60. The molecule has 0 saturated heterocycles. The van der Waals surface area contributed by atoms with Gasteiger partial charge in [-0.1, -0.05) is 36.0 Å². The predicted molar refractivity (Wildman–Crippen MR) is 119 cm³/mol. The molecule has 2 N–H and O–H groups in total. The molecule has 0 bridgehead atoms. The number of nitrogens with one attached hydrogen (secondary N) is 2. The number of amides is 2. The van der Waals surface area contributed by atoms with Crippen LogP contribution in [0.15, 0.2) is 36.4 Å². The van der Waals surface area contributed by atoms with Crippen LogP contribution in [0.3, 0.4) is 0 Å². The molecule has 10 nitrogen and oxygen atoms in total. The summed E-state index contributed by atoms with van der Waals surface area (Å²) in [7, 11) is 0. The van der Waals surface area contributed by atoms with Gasteiger partial charge >= 0.3 is 0 Å². The van der Waals surface area contributed by atoms with Gasteiger partial charge in [-0.3, -0.25) is 29.8 Å². The fourth-order valence-electron chi connectivity index (χ4n) is 2.80. The van der Waals surface area contributed by atoms with Crippen molar-refractivity contribution in [2.75, 3.05) is 13.1 Å². The van der Waals surface area contributed by atoms with E-state index in [0.717, 1.165) is 25.7 Å². The van der Waals surface area contributed by atoms with Crippen LogP contribution in [0.25, 0.3) is 0 Å².